The zero-order valence-corrected chi connectivity index (χ0v) is 24.3. The van der Waals surface area contributed by atoms with E-state index in [-0.39, 0.29) is 45.9 Å². The van der Waals surface area contributed by atoms with Gasteiger partial charge in [0.05, 0.1) is 41.8 Å². The van der Waals surface area contributed by atoms with Crippen LogP contribution in [0.3, 0.4) is 0 Å². The second-order valence-corrected chi connectivity index (χ2v) is 12.1. The molecule has 4 aromatic rings. The van der Waals surface area contributed by atoms with Crippen LogP contribution in [0.2, 0.25) is 0 Å². The van der Waals surface area contributed by atoms with E-state index in [0.717, 1.165) is 4.90 Å². The predicted octanol–water partition coefficient (Wildman–Crippen LogP) is 3.68. The molecule has 2 aliphatic rings. The lowest BCUT2D eigenvalue weighted by Crippen LogP contribution is -2.54. The van der Waals surface area contributed by atoms with Gasteiger partial charge in [0.15, 0.2) is 11.6 Å². The van der Waals surface area contributed by atoms with Crippen LogP contribution in [-0.4, -0.2) is 57.5 Å². The van der Waals surface area contributed by atoms with E-state index >= 15 is 0 Å². The number of ether oxygens (including phenoxy) is 2. The highest BCUT2D eigenvalue weighted by atomic mass is 32.2. The van der Waals surface area contributed by atoms with Crippen molar-refractivity contribution >= 4 is 55.9 Å². The van der Waals surface area contributed by atoms with Crippen LogP contribution in [0.4, 0.5) is 23.0 Å². The number of hydrogen-bond acceptors (Lipinski definition) is 10. The van der Waals surface area contributed by atoms with Gasteiger partial charge in [0.1, 0.15) is 11.5 Å². The Balaban J connectivity index is 1.36. The number of nitrogens with zero attached hydrogens (tertiary/aromatic N) is 3. The Bertz CT molecular complexity index is 1800. The molecule has 222 valence electrons. The van der Waals surface area contributed by atoms with Gasteiger partial charge in [-0.25, -0.2) is 23.3 Å². The first kappa shape index (κ1) is 28.4. The van der Waals surface area contributed by atoms with Gasteiger partial charge in [-0.15, -0.1) is 0 Å². The fourth-order valence-corrected chi connectivity index (χ4v) is 5.72. The standard InChI is InChI=1S/C30H30N6O6S/c1-41-22-12-20(13-23(15-22)42-2)32-27-28(34-26-9-4-3-8-25(26)33-27)35-43(39,40)24-7-5-6-21(14-24)36(29(37)18-10-11-18)30(38)19-16-31-17-19/h3-9,12-15,18-19,31H,10-11,16-17H2,1-2H3,(H,32,33)(H,34,35). The molecule has 0 atom stereocenters. The number of para-hydroxylation sites is 2. The number of nitrogens with one attached hydrogen (secondary N) is 3. The third-order valence-electron chi connectivity index (χ3n) is 7.30. The lowest BCUT2D eigenvalue weighted by molar-refractivity contribution is -0.130. The van der Waals surface area contributed by atoms with E-state index < -0.39 is 10.0 Å². The predicted molar refractivity (Wildman–Crippen MR) is 161 cm³/mol. The van der Waals surface area contributed by atoms with E-state index in [4.69, 9.17) is 9.47 Å². The molecular formula is C30H30N6O6S. The van der Waals surface area contributed by atoms with E-state index in [1.165, 1.54) is 32.4 Å². The van der Waals surface area contributed by atoms with Gasteiger partial charge in [0.2, 0.25) is 11.8 Å². The van der Waals surface area contributed by atoms with Gasteiger partial charge in [-0.05, 0) is 43.2 Å². The molecular weight excluding hydrogens is 572 g/mol. The van der Waals surface area contributed by atoms with E-state index in [1.807, 2.05) is 0 Å². The maximum Gasteiger partial charge on any atom is 0.263 e. The maximum absolute atomic E-state index is 13.8. The zero-order valence-electron chi connectivity index (χ0n) is 23.5. The Labute approximate surface area is 248 Å². The molecule has 2 amide bonds. The molecule has 13 heteroatoms. The summed E-state index contributed by atoms with van der Waals surface area (Å²) in [7, 11) is -1.20. The summed E-state index contributed by atoms with van der Waals surface area (Å²) in [5.74, 6) is -0.0665. The number of hydrogen-bond donors (Lipinski definition) is 3. The molecule has 0 bridgehead atoms. The van der Waals surface area contributed by atoms with Crippen molar-refractivity contribution in [2.75, 3.05) is 42.2 Å². The number of fused-ring (bicyclic) bond motifs is 1. The molecule has 3 N–H and O–H groups in total. The topological polar surface area (TPSA) is 152 Å². The number of aromatic nitrogens is 2. The maximum atomic E-state index is 13.8. The van der Waals surface area contributed by atoms with Gasteiger partial charge in [0, 0.05) is 42.9 Å². The Morgan fingerprint density at radius 3 is 2.05 bits per heavy atom. The molecule has 1 aromatic heterocycles. The molecule has 12 nitrogen and oxygen atoms in total. The molecule has 1 saturated carbocycles. The molecule has 0 unspecified atom stereocenters. The van der Waals surface area contributed by atoms with Gasteiger partial charge >= 0.3 is 0 Å². The van der Waals surface area contributed by atoms with Crippen molar-refractivity contribution in [3.05, 3.63) is 66.7 Å². The highest BCUT2D eigenvalue weighted by molar-refractivity contribution is 7.92. The lowest BCUT2D eigenvalue weighted by Gasteiger charge is -2.31. The third-order valence-corrected chi connectivity index (χ3v) is 8.64. The quantitative estimate of drug-likeness (QED) is 0.229. The average Bonchev–Trinajstić information content (AvgIpc) is 3.82. The van der Waals surface area contributed by atoms with Crippen molar-refractivity contribution in [3.63, 3.8) is 0 Å². The van der Waals surface area contributed by atoms with Crippen molar-refractivity contribution in [1.82, 2.24) is 15.3 Å². The second-order valence-electron chi connectivity index (χ2n) is 10.4. The van der Waals surface area contributed by atoms with Gasteiger partial charge in [-0.1, -0.05) is 18.2 Å². The minimum Gasteiger partial charge on any atom is -0.497 e. The van der Waals surface area contributed by atoms with Crippen molar-refractivity contribution in [2.45, 2.75) is 17.7 Å². The molecule has 2 fully saturated rings. The molecule has 0 spiro atoms. The van der Waals surface area contributed by atoms with Gasteiger partial charge in [-0.3, -0.25) is 14.3 Å². The summed E-state index contributed by atoms with van der Waals surface area (Å²) < 4.78 is 40.8. The minimum atomic E-state index is -4.25. The molecule has 1 aliphatic heterocycles. The van der Waals surface area contributed by atoms with Crippen molar-refractivity contribution < 1.29 is 27.5 Å². The molecule has 1 aliphatic carbocycles. The fraction of sp³-hybridized carbons (Fsp3) is 0.267. The highest BCUT2D eigenvalue weighted by Crippen LogP contribution is 2.35. The summed E-state index contributed by atoms with van der Waals surface area (Å²) in [6, 6.07) is 18.0. The van der Waals surface area contributed by atoms with Crippen LogP contribution >= 0.6 is 0 Å². The number of methoxy groups -OCH3 is 2. The summed E-state index contributed by atoms with van der Waals surface area (Å²) in [5, 5.41) is 6.17. The van der Waals surface area contributed by atoms with Crippen molar-refractivity contribution in [3.8, 4) is 11.5 Å². The number of anilines is 4. The van der Waals surface area contributed by atoms with Crippen LogP contribution in [0, 0.1) is 11.8 Å². The van der Waals surface area contributed by atoms with Crippen LogP contribution in [0.15, 0.2) is 71.6 Å². The number of imide groups is 1. The van der Waals surface area contributed by atoms with Gasteiger partial charge < -0.3 is 20.1 Å². The number of amides is 2. The van der Waals surface area contributed by atoms with Crippen molar-refractivity contribution in [1.29, 1.82) is 0 Å². The van der Waals surface area contributed by atoms with Gasteiger partial charge in [-0.2, -0.15) is 0 Å². The van der Waals surface area contributed by atoms with Crippen LogP contribution in [0.25, 0.3) is 11.0 Å². The average molecular weight is 603 g/mol. The second kappa shape index (κ2) is 11.5. The number of carbonyl (C=O) groups excluding carboxylic acids is 2. The first-order chi connectivity index (χ1) is 20.8. The monoisotopic (exact) mass is 602 g/mol. The number of sulfonamides is 1. The van der Waals surface area contributed by atoms with E-state index in [1.54, 1.807) is 48.5 Å². The summed E-state index contributed by atoms with van der Waals surface area (Å²) in [5.41, 5.74) is 1.76. The third kappa shape index (κ3) is 5.94. The van der Waals surface area contributed by atoms with Crippen LogP contribution < -0.4 is 29.7 Å². The molecule has 1 saturated heterocycles. The van der Waals surface area contributed by atoms with Crippen LogP contribution in [0.5, 0.6) is 11.5 Å². The SMILES string of the molecule is COc1cc(Nc2nc3ccccc3nc2NS(=O)(=O)c2cccc(N(C(=O)C3CC3)C(=O)C3CNC3)c2)cc(OC)c1. The zero-order chi connectivity index (χ0) is 30.1. The first-order valence-corrected chi connectivity index (χ1v) is 15.2. The Morgan fingerprint density at radius 1 is 0.837 bits per heavy atom. The fourth-order valence-electron chi connectivity index (χ4n) is 4.67. The summed E-state index contributed by atoms with van der Waals surface area (Å²) in [6.07, 6.45) is 1.42. The van der Waals surface area contributed by atoms with E-state index in [2.05, 4.69) is 25.3 Å². The number of benzene rings is 3. The molecule has 0 radical (unpaired) electrons. The van der Waals surface area contributed by atoms with Crippen molar-refractivity contribution in [2.24, 2.45) is 11.8 Å². The normalized spacial score (nSPS) is 14.9. The van der Waals surface area contributed by atoms with Crippen LogP contribution in [-0.2, 0) is 19.6 Å². The number of rotatable bonds is 10. The first-order valence-electron chi connectivity index (χ1n) is 13.7. The molecule has 2 heterocycles. The summed E-state index contributed by atoms with van der Waals surface area (Å²) in [6.45, 7) is 0.949. The molecule has 6 rings (SSSR count). The van der Waals surface area contributed by atoms with Crippen LogP contribution in [0.1, 0.15) is 12.8 Å². The number of carbonyl (C=O) groups is 2. The smallest absolute Gasteiger partial charge is 0.263 e. The minimum absolute atomic E-state index is 0.0478. The Morgan fingerprint density at radius 2 is 1.47 bits per heavy atom. The lowest BCUT2D eigenvalue weighted by atomic mass is 10.0. The van der Waals surface area contributed by atoms with Gasteiger partial charge in [0.25, 0.3) is 10.0 Å². The Kier molecular flexibility index (Phi) is 7.59. The largest absolute Gasteiger partial charge is 0.497 e. The highest BCUT2D eigenvalue weighted by Gasteiger charge is 2.40. The summed E-state index contributed by atoms with van der Waals surface area (Å²) in [4.78, 5) is 36.6. The Hall–Kier alpha value is -4.75. The molecule has 43 heavy (non-hydrogen) atoms. The summed E-state index contributed by atoms with van der Waals surface area (Å²) >= 11 is 0. The van der Waals surface area contributed by atoms with E-state index in [0.29, 0.717) is 54.2 Å². The van der Waals surface area contributed by atoms with E-state index in [9.17, 15) is 18.0 Å². The molecule has 3 aromatic carbocycles.